The van der Waals surface area contributed by atoms with Gasteiger partial charge >= 0.3 is 6.01 Å². The van der Waals surface area contributed by atoms with Crippen molar-refractivity contribution in [1.82, 2.24) is 10.2 Å². The van der Waals surface area contributed by atoms with Crippen molar-refractivity contribution in [3.05, 3.63) is 54.1 Å². The Balaban J connectivity index is 1.80. The highest BCUT2D eigenvalue weighted by molar-refractivity contribution is 5.57. The Labute approximate surface area is 115 Å². The van der Waals surface area contributed by atoms with E-state index in [9.17, 15) is 5.11 Å². The lowest BCUT2D eigenvalue weighted by atomic mass is 10.1. The van der Waals surface area contributed by atoms with E-state index in [2.05, 4.69) is 15.5 Å². The number of aromatic nitrogens is 2. The third-order valence-corrected chi connectivity index (χ3v) is 2.84. The van der Waals surface area contributed by atoms with E-state index in [-0.39, 0.29) is 5.75 Å². The largest absolute Gasteiger partial charge is 0.508 e. The van der Waals surface area contributed by atoms with Crippen LogP contribution < -0.4 is 5.32 Å². The third-order valence-electron chi connectivity index (χ3n) is 2.84. The van der Waals surface area contributed by atoms with Crippen LogP contribution in [0.5, 0.6) is 5.75 Å². The summed E-state index contributed by atoms with van der Waals surface area (Å²) < 4.78 is 5.55. The van der Waals surface area contributed by atoms with E-state index < -0.39 is 0 Å². The van der Waals surface area contributed by atoms with E-state index in [1.54, 1.807) is 24.3 Å². The summed E-state index contributed by atoms with van der Waals surface area (Å²) in [4.78, 5) is 0. The van der Waals surface area contributed by atoms with Gasteiger partial charge in [-0.2, -0.15) is 0 Å². The molecule has 0 saturated heterocycles. The van der Waals surface area contributed by atoms with Gasteiger partial charge < -0.3 is 14.8 Å². The highest BCUT2D eigenvalue weighted by Gasteiger charge is 2.08. The lowest BCUT2D eigenvalue weighted by Crippen LogP contribution is -1.89. The van der Waals surface area contributed by atoms with Crippen LogP contribution in [0.2, 0.25) is 0 Å². The highest BCUT2D eigenvalue weighted by Crippen LogP contribution is 2.23. The van der Waals surface area contributed by atoms with Crippen molar-refractivity contribution in [3.63, 3.8) is 0 Å². The topological polar surface area (TPSA) is 71.2 Å². The van der Waals surface area contributed by atoms with Crippen molar-refractivity contribution in [2.24, 2.45) is 0 Å². The minimum absolute atomic E-state index is 0.210. The summed E-state index contributed by atoms with van der Waals surface area (Å²) in [6.45, 7) is 2.02. The number of nitrogens with one attached hydrogen (secondary N) is 1. The monoisotopic (exact) mass is 267 g/mol. The van der Waals surface area contributed by atoms with Crippen LogP contribution in [0.1, 0.15) is 5.56 Å². The number of nitrogens with zero attached hydrogens (tertiary/aromatic N) is 2. The van der Waals surface area contributed by atoms with Gasteiger partial charge in [0.15, 0.2) is 0 Å². The second kappa shape index (κ2) is 5.05. The lowest BCUT2D eigenvalue weighted by Gasteiger charge is -2.00. The van der Waals surface area contributed by atoms with Gasteiger partial charge in [0, 0.05) is 11.3 Å². The molecule has 0 aliphatic carbocycles. The molecule has 0 atom stereocenters. The fourth-order valence-corrected chi connectivity index (χ4v) is 1.75. The molecule has 3 aromatic rings. The summed E-state index contributed by atoms with van der Waals surface area (Å²) in [5, 5.41) is 20.1. The van der Waals surface area contributed by atoms with Crippen LogP contribution in [0, 0.1) is 6.92 Å². The first-order valence-corrected chi connectivity index (χ1v) is 6.17. The van der Waals surface area contributed by atoms with E-state index in [1.165, 1.54) is 5.56 Å². The minimum atomic E-state index is 0.210. The molecule has 1 aromatic heterocycles. The predicted molar refractivity (Wildman–Crippen MR) is 75.9 cm³/mol. The number of aryl methyl sites for hydroxylation is 1. The Morgan fingerprint density at radius 2 is 1.65 bits per heavy atom. The van der Waals surface area contributed by atoms with Crippen molar-refractivity contribution < 1.29 is 9.52 Å². The predicted octanol–water partition coefficient (Wildman–Crippen LogP) is 3.49. The fraction of sp³-hybridized carbons (Fsp3) is 0.0667. The molecule has 3 rings (SSSR count). The molecule has 0 spiro atoms. The molecule has 20 heavy (non-hydrogen) atoms. The maximum atomic E-state index is 9.22. The molecule has 5 nitrogen and oxygen atoms in total. The Bertz CT molecular complexity index is 703. The Hall–Kier alpha value is -2.82. The summed E-state index contributed by atoms with van der Waals surface area (Å²) in [5.74, 6) is 0.674. The first-order valence-electron chi connectivity index (χ1n) is 6.17. The maximum Gasteiger partial charge on any atom is 0.320 e. The molecular formula is C15H13N3O2. The van der Waals surface area contributed by atoms with Crippen LogP contribution in [0.25, 0.3) is 11.5 Å². The Kier molecular flexibility index (Phi) is 3.09. The summed E-state index contributed by atoms with van der Waals surface area (Å²) >= 11 is 0. The van der Waals surface area contributed by atoms with Crippen LogP contribution in [-0.4, -0.2) is 15.3 Å². The van der Waals surface area contributed by atoms with Gasteiger partial charge in [-0.1, -0.05) is 22.8 Å². The van der Waals surface area contributed by atoms with Gasteiger partial charge in [-0.05, 0) is 43.3 Å². The van der Waals surface area contributed by atoms with Crippen molar-refractivity contribution >= 4 is 11.7 Å². The van der Waals surface area contributed by atoms with E-state index in [1.807, 2.05) is 31.2 Å². The first-order chi connectivity index (χ1) is 9.70. The SMILES string of the molecule is Cc1ccc(-c2nnc(Nc3ccc(O)cc3)o2)cc1. The average Bonchev–Trinajstić information content (AvgIpc) is 2.91. The molecule has 0 aliphatic heterocycles. The molecule has 5 heteroatoms. The smallest absolute Gasteiger partial charge is 0.320 e. The van der Waals surface area contributed by atoms with Crippen molar-refractivity contribution in [3.8, 4) is 17.2 Å². The second-order valence-electron chi connectivity index (χ2n) is 4.45. The molecular weight excluding hydrogens is 254 g/mol. The van der Waals surface area contributed by atoms with Gasteiger partial charge in [0.25, 0.3) is 0 Å². The van der Waals surface area contributed by atoms with Gasteiger partial charge in [0.1, 0.15) is 5.75 Å². The molecule has 0 aliphatic rings. The number of phenolic OH excluding ortho intramolecular Hbond substituents is 1. The normalized spacial score (nSPS) is 10.4. The van der Waals surface area contributed by atoms with Gasteiger partial charge in [0.05, 0.1) is 0 Å². The van der Waals surface area contributed by atoms with E-state index in [0.717, 1.165) is 11.3 Å². The highest BCUT2D eigenvalue weighted by atomic mass is 16.4. The Morgan fingerprint density at radius 3 is 2.35 bits per heavy atom. The average molecular weight is 267 g/mol. The number of hydrogen-bond donors (Lipinski definition) is 2. The molecule has 0 unspecified atom stereocenters. The molecule has 0 amide bonds. The quantitative estimate of drug-likeness (QED) is 0.711. The van der Waals surface area contributed by atoms with Crippen LogP contribution in [0.15, 0.2) is 52.9 Å². The second-order valence-corrected chi connectivity index (χ2v) is 4.45. The molecule has 100 valence electrons. The summed E-state index contributed by atoms with van der Waals surface area (Å²) in [7, 11) is 0. The summed E-state index contributed by atoms with van der Waals surface area (Å²) in [6, 6.07) is 14.8. The number of rotatable bonds is 3. The molecule has 2 aromatic carbocycles. The molecule has 0 radical (unpaired) electrons. The third kappa shape index (κ3) is 2.61. The number of anilines is 2. The standard InChI is InChI=1S/C15H13N3O2/c1-10-2-4-11(5-3-10)14-17-18-15(20-14)16-12-6-8-13(19)9-7-12/h2-9,19H,1H3,(H,16,18). The van der Waals surface area contributed by atoms with Gasteiger partial charge in [-0.25, -0.2) is 0 Å². The van der Waals surface area contributed by atoms with Gasteiger partial charge in [-0.3, -0.25) is 0 Å². The molecule has 0 saturated carbocycles. The number of aromatic hydroxyl groups is 1. The molecule has 2 N–H and O–H groups in total. The fourth-order valence-electron chi connectivity index (χ4n) is 1.75. The lowest BCUT2D eigenvalue weighted by molar-refractivity contribution is 0.475. The Morgan fingerprint density at radius 1 is 0.950 bits per heavy atom. The van der Waals surface area contributed by atoms with E-state index in [4.69, 9.17) is 4.42 Å². The van der Waals surface area contributed by atoms with E-state index in [0.29, 0.717) is 11.9 Å². The van der Waals surface area contributed by atoms with Crippen molar-refractivity contribution in [2.75, 3.05) is 5.32 Å². The molecule has 0 bridgehead atoms. The van der Waals surface area contributed by atoms with Crippen LogP contribution in [0.4, 0.5) is 11.7 Å². The number of benzene rings is 2. The van der Waals surface area contributed by atoms with Gasteiger partial charge in [0.2, 0.25) is 5.89 Å². The van der Waals surface area contributed by atoms with Crippen LogP contribution in [0.3, 0.4) is 0 Å². The van der Waals surface area contributed by atoms with Gasteiger partial charge in [-0.15, -0.1) is 5.10 Å². The molecule has 1 heterocycles. The molecule has 0 fully saturated rings. The maximum absolute atomic E-state index is 9.22. The minimum Gasteiger partial charge on any atom is -0.508 e. The number of hydrogen-bond acceptors (Lipinski definition) is 5. The zero-order valence-corrected chi connectivity index (χ0v) is 10.9. The first kappa shape index (κ1) is 12.2. The number of phenols is 1. The van der Waals surface area contributed by atoms with Crippen LogP contribution >= 0.6 is 0 Å². The zero-order chi connectivity index (χ0) is 13.9. The summed E-state index contributed by atoms with van der Waals surface area (Å²) in [6.07, 6.45) is 0. The van der Waals surface area contributed by atoms with Crippen molar-refractivity contribution in [2.45, 2.75) is 6.92 Å². The van der Waals surface area contributed by atoms with E-state index >= 15 is 0 Å². The summed E-state index contributed by atoms with van der Waals surface area (Å²) in [5.41, 5.74) is 2.82. The van der Waals surface area contributed by atoms with Crippen molar-refractivity contribution in [1.29, 1.82) is 0 Å². The zero-order valence-electron chi connectivity index (χ0n) is 10.9. The van der Waals surface area contributed by atoms with Crippen LogP contribution in [-0.2, 0) is 0 Å².